The molecule has 0 N–H and O–H groups in total. The molecule has 5 heteroatoms. The van der Waals surface area contributed by atoms with Crippen LogP contribution >= 0.6 is 7.14 Å². The summed E-state index contributed by atoms with van der Waals surface area (Å²) < 4.78 is 17.9. The van der Waals surface area contributed by atoms with E-state index in [-0.39, 0.29) is 0 Å². The molecule has 39 heavy (non-hydrogen) atoms. The molecule has 1 unspecified atom stereocenters. The molecule has 0 saturated carbocycles. The monoisotopic (exact) mass is 519 g/mol. The molecule has 4 nitrogen and oxygen atoms in total. The fraction of sp³-hybridized carbons (Fsp3) is 0. The molecule has 0 spiro atoms. The summed E-state index contributed by atoms with van der Waals surface area (Å²) in [7, 11) is -3.36. The maximum atomic E-state index is 15.7. The van der Waals surface area contributed by atoms with Crippen LogP contribution in [0.3, 0.4) is 0 Å². The quantitative estimate of drug-likeness (QED) is 0.187. The van der Waals surface area contributed by atoms with Gasteiger partial charge >= 0.3 is 0 Å². The Hall–Kier alpha value is -4.79. The topological polar surface area (TPSA) is 47.3 Å². The highest BCUT2D eigenvalue weighted by Gasteiger charge is 2.33. The number of pyridine rings is 2. The van der Waals surface area contributed by atoms with Gasteiger partial charge in [-0.05, 0) is 52.6 Å². The molecule has 5 aromatic carbocycles. The van der Waals surface area contributed by atoms with Gasteiger partial charge in [0.15, 0.2) is 7.14 Å². The molecule has 0 radical (unpaired) electrons. The third-order valence-corrected chi connectivity index (χ3v) is 10.7. The first kappa shape index (κ1) is 22.2. The van der Waals surface area contributed by atoms with Crippen molar-refractivity contribution in [3.8, 4) is 0 Å². The van der Waals surface area contributed by atoms with Crippen LogP contribution in [0.4, 0.5) is 0 Å². The highest BCUT2D eigenvalue weighted by molar-refractivity contribution is 7.85. The SMILES string of the molecule is O=P(c1cccnc1)(c1ccc2ccccc2c1)c1cccc2nc3c4ccccc4c4ccccc4n3c12. The number of imidazole rings is 1. The molecule has 1 atom stereocenters. The van der Waals surface area contributed by atoms with Gasteiger partial charge in [0, 0.05) is 39.1 Å². The van der Waals surface area contributed by atoms with Gasteiger partial charge in [-0.3, -0.25) is 9.38 Å². The van der Waals surface area contributed by atoms with E-state index in [1.165, 1.54) is 0 Å². The maximum absolute atomic E-state index is 15.7. The van der Waals surface area contributed by atoms with Gasteiger partial charge in [0.05, 0.1) is 16.6 Å². The van der Waals surface area contributed by atoms with Gasteiger partial charge in [0.1, 0.15) is 5.65 Å². The predicted octanol–water partition coefficient (Wildman–Crippen LogP) is 6.98. The summed E-state index contributed by atoms with van der Waals surface area (Å²) in [6, 6.07) is 40.9. The lowest BCUT2D eigenvalue weighted by Gasteiger charge is -2.21. The summed E-state index contributed by atoms with van der Waals surface area (Å²) >= 11 is 0. The number of aromatic nitrogens is 3. The van der Waals surface area contributed by atoms with E-state index in [2.05, 4.69) is 76.1 Å². The fourth-order valence-corrected chi connectivity index (χ4v) is 8.72. The first-order valence-corrected chi connectivity index (χ1v) is 14.7. The van der Waals surface area contributed by atoms with E-state index in [9.17, 15) is 0 Å². The number of rotatable bonds is 3. The minimum absolute atomic E-state index is 0.702. The van der Waals surface area contributed by atoms with E-state index in [4.69, 9.17) is 4.98 Å². The average Bonchev–Trinajstić information content (AvgIpc) is 3.41. The van der Waals surface area contributed by atoms with Gasteiger partial charge in [0.2, 0.25) is 0 Å². The Morgan fingerprint density at radius 1 is 0.615 bits per heavy atom. The zero-order chi connectivity index (χ0) is 26.0. The standard InChI is InChI=1S/C34H22N3OP/c38-39(26-11-8-20-35-22-26,25-19-18-23-9-1-2-10-24(23)21-25)32-17-7-15-30-33(32)37-31-16-6-5-13-28(31)27-12-3-4-14-29(27)34(37)36-30/h1-22H. The molecule has 3 aromatic heterocycles. The molecule has 0 amide bonds. The zero-order valence-electron chi connectivity index (χ0n) is 20.9. The van der Waals surface area contributed by atoms with Crippen molar-refractivity contribution in [1.29, 1.82) is 0 Å². The third kappa shape index (κ3) is 3.16. The Labute approximate surface area is 224 Å². The van der Waals surface area contributed by atoms with Gasteiger partial charge in [0.25, 0.3) is 0 Å². The zero-order valence-corrected chi connectivity index (χ0v) is 21.8. The molecule has 0 aliphatic carbocycles. The van der Waals surface area contributed by atoms with Gasteiger partial charge in [-0.1, -0.05) is 84.9 Å². The smallest absolute Gasteiger partial charge is 0.174 e. The van der Waals surface area contributed by atoms with Gasteiger partial charge < -0.3 is 4.57 Å². The van der Waals surface area contributed by atoms with Crippen molar-refractivity contribution in [2.75, 3.05) is 0 Å². The summed E-state index contributed by atoms with van der Waals surface area (Å²) in [6.45, 7) is 0. The number of nitrogens with zero attached hydrogens (tertiary/aromatic N) is 3. The van der Waals surface area contributed by atoms with E-state index >= 15 is 4.57 Å². The highest BCUT2D eigenvalue weighted by atomic mass is 31.2. The van der Waals surface area contributed by atoms with E-state index in [0.717, 1.165) is 59.7 Å². The minimum Gasteiger partial charge on any atom is -0.308 e. The predicted molar refractivity (Wildman–Crippen MR) is 162 cm³/mol. The Kier molecular flexibility index (Phi) is 4.76. The first-order chi connectivity index (χ1) is 19.2. The van der Waals surface area contributed by atoms with Crippen LogP contribution in [-0.2, 0) is 4.57 Å². The van der Waals surface area contributed by atoms with E-state index in [1.54, 1.807) is 12.4 Å². The second-order valence-corrected chi connectivity index (χ2v) is 12.6. The molecular weight excluding hydrogens is 497 g/mol. The molecule has 8 aromatic rings. The van der Waals surface area contributed by atoms with E-state index in [0.29, 0.717) is 5.30 Å². The molecule has 184 valence electrons. The number of hydrogen-bond donors (Lipinski definition) is 0. The van der Waals surface area contributed by atoms with Crippen molar-refractivity contribution >= 4 is 72.2 Å². The van der Waals surface area contributed by atoms with E-state index < -0.39 is 7.14 Å². The lowest BCUT2D eigenvalue weighted by molar-refractivity contribution is 0.592. The molecule has 0 aliphatic heterocycles. The average molecular weight is 520 g/mol. The Balaban J connectivity index is 1.57. The lowest BCUT2D eigenvalue weighted by Crippen LogP contribution is -2.26. The molecule has 0 bridgehead atoms. The molecule has 0 fully saturated rings. The van der Waals surface area contributed by atoms with Crippen LogP contribution in [0.2, 0.25) is 0 Å². The number of fused-ring (bicyclic) bond motifs is 9. The molecule has 8 rings (SSSR count). The van der Waals surface area contributed by atoms with Crippen LogP contribution in [-0.4, -0.2) is 14.4 Å². The molecular formula is C34H22N3OP. The Morgan fingerprint density at radius 3 is 2.23 bits per heavy atom. The highest BCUT2D eigenvalue weighted by Crippen LogP contribution is 2.45. The largest absolute Gasteiger partial charge is 0.308 e. The first-order valence-electron chi connectivity index (χ1n) is 12.9. The van der Waals surface area contributed by atoms with Crippen molar-refractivity contribution in [3.05, 3.63) is 134 Å². The second-order valence-electron chi connectivity index (χ2n) is 9.83. The normalized spacial score (nSPS) is 13.4. The third-order valence-electron chi connectivity index (χ3n) is 7.70. The summed E-state index contributed by atoms with van der Waals surface area (Å²) in [5, 5.41) is 7.77. The Morgan fingerprint density at radius 2 is 1.38 bits per heavy atom. The number of para-hydroxylation sites is 2. The second kappa shape index (κ2) is 8.36. The van der Waals surface area contributed by atoms with Gasteiger partial charge in [-0.15, -0.1) is 0 Å². The van der Waals surface area contributed by atoms with Crippen molar-refractivity contribution in [2.24, 2.45) is 0 Å². The van der Waals surface area contributed by atoms with Crippen molar-refractivity contribution in [1.82, 2.24) is 14.4 Å². The maximum Gasteiger partial charge on any atom is 0.174 e. The summed E-state index contributed by atoms with van der Waals surface area (Å²) in [4.78, 5) is 9.52. The van der Waals surface area contributed by atoms with Crippen LogP contribution in [0.5, 0.6) is 0 Å². The van der Waals surface area contributed by atoms with Gasteiger partial charge in [-0.2, -0.15) is 0 Å². The summed E-state index contributed by atoms with van der Waals surface area (Å²) in [5.41, 5.74) is 3.59. The fourth-order valence-electron chi connectivity index (χ4n) is 5.93. The molecule has 0 aliphatic rings. The molecule has 3 heterocycles. The van der Waals surface area contributed by atoms with Crippen LogP contribution in [0.25, 0.3) is 49.1 Å². The van der Waals surface area contributed by atoms with E-state index in [1.807, 2.05) is 54.6 Å². The lowest BCUT2D eigenvalue weighted by atomic mass is 10.1. The van der Waals surface area contributed by atoms with Crippen LogP contribution in [0.15, 0.2) is 134 Å². The summed E-state index contributed by atoms with van der Waals surface area (Å²) in [5.74, 6) is 0. The van der Waals surface area contributed by atoms with Gasteiger partial charge in [-0.25, -0.2) is 4.98 Å². The van der Waals surface area contributed by atoms with Crippen molar-refractivity contribution in [2.45, 2.75) is 0 Å². The van der Waals surface area contributed by atoms with Crippen LogP contribution in [0.1, 0.15) is 0 Å². The van der Waals surface area contributed by atoms with Crippen LogP contribution < -0.4 is 15.9 Å². The Bertz CT molecular complexity index is 2270. The molecule has 0 saturated heterocycles. The van der Waals surface area contributed by atoms with Crippen molar-refractivity contribution in [3.63, 3.8) is 0 Å². The van der Waals surface area contributed by atoms with Crippen LogP contribution in [0, 0.1) is 0 Å². The minimum atomic E-state index is -3.36. The van der Waals surface area contributed by atoms with Crippen molar-refractivity contribution < 1.29 is 4.57 Å². The number of benzene rings is 5. The number of hydrogen-bond acceptors (Lipinski definition) is 3. The summed E-state index contributed by atoms with van der Waals surface area (Å²) in [6.07, 6.45) is 3.47.